The van der Waals surface area contributed by atoms with Gasteiger partial charge in [-0.2, -0.15) is 0 Å². The molecule has 0 aromatic heterocycles. The van der Waals surface area contributed by atoms with Gasteiger partial charge in [0.15, 0.2) is 0 Å². The van der Waals surface area contributed by atoms with Crippen LogP contribution in [0.3, 0.4) is 0 Å². The molecule has 5 nitrogen and oxygen atoms in total. The van der Waals surface area contributed by atoms with E-state index >= 15 is 0 Å². The lowest BCUT2D eigenvalue weighted by Gasteiger charge is -2.17. The highest BCUT2D eigenvalue weighted by Crippen LogP contribution is 2.37. The summed E-state index contributed by atoms with van der Waals surface area (Å²) in [5.74, 6) is 0.657. The standard InChI is InChI=1S/C20H23Br2NO4/c1-3-23-17-7-5-6-14(19(17)26-4-2)12-27-20-15(21)10-13(11-16(20)22)8-9-18(24)25/h5-7,10-11,23H,3-4,8-9,12H2,1-2H3,(H,24,25). The number of aliphatic carboxylic acids is 1. The summed E-state index contributed by atoms with van der Waals surface area (Å²) >= 11 is 7.04. The molecule has 2 aromatic carbocycles. The van der Waals surface area contributed by atoms with Crippen LogP contribution in [-0.2, 0) is 17.8 Å². The number of aryl methyl sites for hydroxylation is 1. The third-order valence-corrected chi connectivity index (χ3v) is 4.99. The number of benzene rings is 2. The van der Waals surface area contributed by atoms with Gasteiger partial charge in [-0.15, -0.1) is 0 Å². The summed E-state index contributed by atoms with van der Waals surface area (Å²) in [5.41, 5.74) is 2.82. The van der Waals surface area contributed by atoms with E-state index in [1.54, 1.807) is 0 Å². The van der Waals surface area contributed by atoms with Crippen LogP contribution >= 0.6 is 31.9 Å². The largest absolute Gasteiger partial charge is 0.491 e. The second-order valence-electron chi connectivity index (χ2n) is 5.83. The van der Waals surface area contributed by atoms with Crippen LogP contribution in [0.25, 0.3) is 0 Å². The normalized spacial score (nSPS) is 10.5. The van der Waals surface area contributed by atoms with Crippen molar-refractivity contribution < 1.29 is 19.4 Å². The number of hydrogen-bond acceptors (Lipinski definition) is 4. The number of ether oxygens (including phenoxy) is 2. The number of nitrogens with one attached hydrogen (secondary N) is 1. The third kappa shape index (κ3) is 6.14. The van der Waals surface area contributed by atoms with Crippen molar-refractivity contribution in [3.8, 4) is 11.5 Å². The molecule has 7 heteroatoms. The van der Waals surface area contributed by atoms with E-state index in [0.717, 1.165) is 38.1 Å². The molecule has 0 spiro atoms. The molecule has 0 saturated heterocycles. The smallest absolute Gasteiger partial charge is 0.303 e. The Morgan fingerprint density at radius 3 is 2.41 bits per heavy atom. The van der Waals surface area contributed by atoms with E-state index in [0.29, 0.717) is 25.4 Å². The minimum absolute atomic E-state index is 0.0913. The lowest BCUT2D eigenvalue weighted by molar-refractivity contribution is -0.136. The predicted octanol–water partition coefficient (Wildman–Crippen LogP) is 5.64. The molecule has 0 unspecified atom stereocenters. The van der Waals surface area contributed by atoms with E-state index in [1.807, 2.05) is 44.2 Å². The first-order valence-corrected chi connectivity index (χ1v) is 10.4. The second kappa shape index (κ2) is 10.6. The van der Waals surface area contributed by atoms with Crippen molar-refractivity contribution in [2.75, 3.05) is 18.5 Å². The van der Waals surface area contributed by atoms with Gasteiger partial charge in [-0.05, 0) is 75.9 Å². The number of para-hydroxylation sites is 1. The van der Waals surface area contributed by atoms with Crippen molar-refractivity contribution in [1.82, 2.24) is 0 Å². The maximum absolute atomic E-state index is 10.8. The highest BCUT2D eigenvalue weighted by atomic mass is 79.9. The number of anilines is 1. The van der Waals surface area contributed by atoms with Crippen LogP contribution in [0.15, 0.2) is 39.3 Å². The van der Waals surface area contributed by atoms with Gasteiger partial charge < -0.3 is 19.9 Å². The molecule has 0 aliphatic heterocycles. The first-order chi connectivity index (χ1) is 13.0. The quantitative estimate of drug-likeness (QED) is 0.442. The molecule has 0 aliphatic rings. The molecule has 0 amide bonds. The Kier molecular flexibility index (Phi) is 8.44. The van der Waals surface area contributed by atoms with Crippen LogP contribution < -0.4 is 14.8 Å². The zero-order valence-electron chi connectivity index (χ0n) is 15.4. The Labute approximate surface area is 176 Å². The molecule has 0 radical (unpaired) electrons. The van der Waals surface area contributed by atoms with E-state index in [1.165, 1.54) is 0 Å². The van der Waals surface area contributed by atoms with Crippen molar-refractivity contribution in [3.63, 3.8) is 0 Å². The van der Waals surface area contributed by atoms with E-state index in [9.17, 15) is 4.79 Å². The van der Waals surface area contributed by atoms with Crippen molar-refractivity contribution in [2.45, 2.75) is 33.3 Å². The highest BCUT2D eigenvalue weighted by Gasteiger charge is 2.14. The Balaban J connectivity index is 2.19. The molecule has 146 valence electrons. The average molecular weight is 501 g/mol. The zero-order valence-corrected chi connectivity index (χ0v) is 18.5. The Morgan fingerprint density at radius 1 is 1.11 bits per heavy atom. The zero-order chi connectivity index (χ0) is 19.8. The molecule has 0 fully saturated rings. The Morgan fingerprint density at radius 2 is 1.81 bits per heavy atom. The molecule has 2 rings (SSSR count). The molecule has 0 heterocycles. The van der Waals surface area contributed by atoms with Gasteiger partial charge in [-0.3, -0.25) is 4.79 Å². The number of carboxylic acid groups (broad SMARTS) is 1. The van der Waals surface area contributed by atoms with E-state index in [4.69, 9.17) is 14.6 Å². The van der Waals surface area contributed by atoms with Crippen LogP contribution in [-0.4, -0.2) is 24.2 Å². The Bertz CT molecular complexity index is 773. The molecule has 0 saturated carbocycles. The van der Waals surface area contributed by atoms with Gasteiger partial charge in [0.2, 0.25) is 0 Å². The fraction of sp³-hybridized carbons (Fsp3) is 0.350. The molecule has 27 heavy (non-hydrogen) atoms. The van der Waals surface area contributed by atoms with Crippen LogP contribution in [0.5, 0.6) is 11.5 Å². The summed E-state index contributed by atoms with van der Waals surface area (Å²) in [7, 11) is 0. The van der Waals surface area contributed by atoms with Crippen LogP contribution in [0.4, 0.5) is 5.69 Å². The van der Waals surface area contributed by atoms with Crippen molar-refractivity contribution in [2.24, 2.45) is 0 Å². The maximum Gasteiger partial charge on any atom is 0.303 e. The summed E-state index contributed by atoms with van der Waals surface area (Å²) in [5, 5.41) is 12.1. The monoisotopic (exact) mass is 499 g/mol. The van der Waals surface area contributed by atoms with Gasteiger partial charge in [0.1, 0.15) is 18.1 Å². The second-order valence-corrected chi connectivity index (χ2v) is 7.54. The summed E-state index contributed by atoms with van der Waals surface area (Å²) in [6.07, 6.45) is 0.556. The highest BCUT2D eigenvalue weighted by molar-refractivity contribution is 9.11. The van der Waals surface area contributed by atoms with Crippen molar-refractivity contribution >= 4 is 43.5 Å². The van der Waals surface area contributed by atoms with Gasteiger partial charge in [0, 0.05) is 18.5 Å². The lowest BCUT2D eigenvalue weighted by atomic mass is 10.1. The van der Waals surface area contributed by atoms with Crippen molar-refractivity contribution in [1.29, 1.82) is 0 Å². The number of carboxylic acids is 1. The third-order valence-electron chi connectivity index (χ3n) is 3.81. The number of halogens is 2. The molecular formula is C20H23Br2NO4. The first-order valence-electron chi connectivity index (χ1n) is 8.77. The summed E-state index contributed by atoms with van der Waals surface area (Å²) < 4.78 is 13.4. The molecule has 2 aromatic rings. The summed E-state index contributed by atoms with van der Waals surface area (Å²) in [6, 6.07) is 9.72. The Hall–Kier alpha value is -1.73. The summed E-state index contributed by atoms with van der Waals surface area (Å²) in [4.78, 5) is 10.8. The minimum Gasteiger partial charge on any atom is -0.491 e. The minimum atomic E-state index is -0.813. The van der Waals surface area contributed by atoms with Gasteiger partial charge >= 0.3 is 5.97 Å². The molecule has 0 atom stereocenters. The number of hydrogen-bond donors (Lipinski definition) is 2. The van der Waals surface area contributed by atoms with Crippen LogP contribution in [0, 0.1) is 0 Å². The van der Waals surface area contributed by atoms with Crippen LogP contribution in [0.1, 0.15) is 31.4 Å². The average Bonchev–Trinajstić information content (AvgIpc) is 2.62. The summed E-state index contributed by atoms with van der Waals surface area (Å²) in [6.45, 7) is 5.72. The SMILES string of the molecule is CCNc1cccc(COc2c(Br)cc(CCC(=O)O)cc2Br)c1OCC. The molecule has 0 bridgehead atoms. The fourth-order valence-electron chi connectivity index (χ4n) is 2.64. The predicted molar refractivity (Wildman–Crippen MR) is 114 cm³/mol. The molecular weight excluding hydrogens is 478 g/mol. The fourth-order valence-corrected chi connectivity index (χ4v) is 4.15. The van der Waals surface area contributed by atoms with Gasteiger partial charge in [0.05, 0.1) is 21.2 Å². The maximum atomic E-state index is 10.8. The van der Waals surface area contributed by atoms with E-state index < -0.39 is 5.97 Å². The molecule has 0 aliphatic carbocycles. The number of rotatable bonds is 10. The van der Waals surface area contributed by atoms with Crippen molar-refractivity contribution in [3.05, 3.63) is 50.4 Å². The van der Waals surface area contributed by atoms with Crippen LogP contribution in [0.2, 0.25) is 0 Å². The van der Waals surface area contributed by atoms with Gasteiger partial charge in [-0.1, -0.05) is 12.1 Å². The topological polar surface area (TPSA) is 67.8 Å². The first kappa shape index (κ1) is 21.6. The lowest BCUT2D eigenvalue weighted by Crippen LogP contribution is -2.06. The van der Waals surface area contributed by atoms with Gasteiger partial charge in [-0.25, -0.2) is 0 Å². The molecule has 2 N–H and O–H groups in total. The number of carbonyl (C=O) groups is 1. The van der Waals surface area contributed by atoms with E-state index in [2.05, 4.69) is 37.2 Å². The van der Waals surface area contributed by atoms with E-state index in [-0.39, 0.29) is 6.42 Å². The van der Waals surface area contributed by atoms with Gasteiger partial charge in [0.25, 0.3) is 0 Å².